The van der Waals surface area contributed by atoms with E-state index in [0.29, 0.717) is 6.54 Å². The third-order valence-corrected chi connectivity index (χ3v) is 3.16. The maximum Gasteiger partial charge on any atom is 0.0524 e. The van der Waals surface area contributed by atoms with E-state index in [1.165, 1.54) is 0 Å². The Balaban J connectivity index is 2.66. The fourth-order valence-electron chi connectivity index (χ4n) is 1.80. The van der Waals surface area contributed by atoms with Gasteiger partial charge in [-0.25, -0.2) is 0 Å². The summed E-state index contributed by atoms with van der Waals surface area (Å²) < 4.78 is 0. The Hall–Kier alpha value is -0.610. The third-order valence-electron chi connectivity index (χ3n) is 2.91. The van der Waals surface area contributed by atoms with E-state index < -0.39 is 0 Å². The van der Waals surface area contributed by atoms with Crippen molar-refractivity contribution in [2.24, 2.45) is 5.73 Å². The minimum atomic E-state index is -0.277. The second-order valence-corrected chi connectivity index (χ2v) is 4.86. The minimum absolute atomic E-state index is 0.172. The Kier molecular flexibility index (Phi) is 5.92. The van der Waals surface area contributed by atoms with Gasteiger partial charge >= 0.3 is 0 Å². The quantitative estimate of drug-likeness (QED) is 0.819. The van der Waals surface area contributed by atoms with Gasteiger partial charge in [0.25, 0.3) is 0 Å². The van der Waals surface area contributed by atoms with Gasteiger partial charge in [-0.2, -0.15) is 0 Å². The molecule has 0 aliphatic heterocycles. The van der Waals surface area contributed by atoms with Gasteiger partial charge in [-0.1, -0.05) is 23.7 Å². The number of likely N-dealkylation sites (N-methyl/N-ethyl adjacent to an activating group) is 1. The molecule has 0 amide bonds. The minimum Gasteiger partial charge on any atom is -0.393 e. The Morgan fingerprint density at radius 3 is 2.41 bits per heavy atom. The number of rotatable bonds is 6. The Morgan fingerprint density at radius 1 is 1.35 bits per heavy atom. The van der Waals surface area contributed by atoms with E-state index in [1.54, 1.807) is 6.92 Å². The van der Waals surface area contributed by atoms with Crippen molar-refractivity contribution < 1.29 is 5.11 Å². The molecule has 0 aromatic heterocycles. The molecule has 3 N–H and O–H groups in total. The average molecular weight is 257 g/mol. The van der Waals surface area contributed by atoms with Crippen molar-refractivity contribution >= 4 is 11.6 Å². The van der Waals surface area contributed by atoms with Gasteiger partial charge < -0.3 is 10.8 Å². The molecule has 96 valence electrons. The van der Waals surface area contributed by atoms with Crippen LogP contribution in [0.3, 0.4) is 0 Å². The summed E-state index contributed by atoms with van der Waals surface area (Å²) in [6, 6.07) is 7.92. The molecule has 17 heavy (non-hydrogen) atoms. The lowest BCUT2D eigenvalue weighted by atomic mass is 10.1. The van der Waals surface area contributed by atoms with Crippen molar-refractivity contribution in [2.75, 3.05) is 20.1 Å². The molecule has 1 aromatic carbocycles. The van der Waals surface area contributed by atoms with Crippen molar-refractivity contribution in [3.8, 4) is 0 Å². The monoisotopic (exact) mass is 256 g/mol. The van der Waals surface area contributed by atoms with Crippen molar-refractivity contribution in [3.05, 3.63) is 34.9 Å². The van der Waals surface area contributed by atoms with Gasteiger partial charge in [0.1, 0.15) is 0 Å². The number of hydrogen-bond acceptors (Lipinski definition) is 3. The first-order chi connectivity index (χ1) is 8.04. The number of aliphatic hydroxyl groups is 1. The van der Waals surface area contributed by atoms with Crippen LogP contribution in [-0.2, 0) is 0 Å². The molecular formula is C13H21ClN2O. The summed E-state index contributed by atoms with van der Waals surface area (Å²) in [7, 11) is 2.02. The predicted molar refractivity (Wildman–Crippen MR) is 72.2 cm³/mol. The fraction of sp³-hybridized carbons (Fsp3) is 0.538. The molecule has 2 atom stereocenters. The van der Waals surface area contributed by atoms with Crippen molar-refractivity contribution in [1.29, 1.82) is 0 Å². The smallest absolute Gasteiger partial charge is 0.0524 e. The molecule has 0 radical (unpaired) electrons. The van der Waals surface area contributed by atoms with Gasteiger partial charge in [-0.05, 0) is 38.1 Å². The highest BCUT2D eigenvalue weighted by Crippen LogP contribution is 2.20. The first kappa shape index (κ1) is 14.5. The molecule has 3 nitrogen and oxygen atoms in total. The summed E-state index contributed by atoms with van der Waals surface area (Å²) >= 11 is 5.86. The van der Waals surface area contributed by atoms with E-state index in [4.69, 9.17) is 17.3 Å². The molecule has 0 aliphatic carbocycles. The highest BCUT2D eigenvalue weighted by molar-refractivity contribution is 6.30. The molecular weight excluding hydrogens is 236 g/mol. The molecule has 0 fully saturated rings. The highest BCUT2D eigenvalue weighted by atomic mass is 35.5. The van der Waals surface area contributed by atoms with E-state index >= 15 is 0 Å². The molecule has 0 spiro atoms. The van der Waals surface area contributed by atoms with E-state index in [0.717, 1.165) is 23.6 Å². The van der Waals surface area contributed by atoms with Crippen molar-refractivity contribution in [3.63, 3.8) is 0 Å². The van der Waals surface area contributed by atoms with Crippen LogP contribution in [-0.4, -0.2) is 36.2 Å². The Bertz CT molecular complexity index is 327. The summed E-state index contributed by atoms with van der Waals surface area (Å²) in [6.45, 7) is 3.17. The number of nitrogens with zero attached hydrogens (tertiary/aromatic N) is 1. The first-order valence-electron chi connectivity index (χ1n) is 5.88. The van der Waals surface area contributed by atoms with Crippen molar-refractivity contribution in [2.45, 2.75) is 25.5 Å². The van der Waals surface area contributed by atoms with Gasteiger partial charge in [0, 0.05) is 24.2 Å². The average Bonchev–Trinajstić information content (AvgIpc) is 2.30. The molecule has 0 aliphatic rings. The van der Waals surface area contributed by atoms with Crippen LogP contribution in [0, 0.1) is 0 Å². The zero-order chi connectivity index (χ0) is 12.8. The number of halogens is 1. The lowest BCUT2D eigenvalue weighted by Gasteiger charge is -2.27. The van der Waals surface area contributed by atoms with Crippen molar-refractivity contribution in [1.82, 2.24) is 4.90 Å². The summed E-state index contributed by atoms with van der Waals surface area (Å²) in [6.07, 6.45) is 0.474. The van der Waals surface area contributed by atoms with Crippen LogP contribution < -0.4 is 5.73 Å². The van der Waals surface area contributed by atoms with Gasteiger partial charge in [0.2, 0.25) is 0 Å². The molecule has 1 aromatic rings. The number of aliphatic hydroxyl groups excluding tert-OH is 1. The van der Waals surface area contributed by atoms with E-state index in [-0.39, 0.29) is 12.1 Å². The largest absolute Gasteiger partial charge is 0.393 e. The van der Waals surface area contributed by atoms with Gasteiger partial charge in [0.05, 0.1) is 6.10 Å². The summed E-state index contributed by atoms with van der Waals surface area (Å²) in [4.78, 5) is 2.16. The highest BCUT2D eigenvalue weighted by Gasteiger charge is 2.15. The van der Waals surface area contributed by atoms with Crippen LogP contribution in [0.25, 0.3) is 0 Å². The van der Waals surface area contributed by atoms with Gasteiger partial charge in [-0.3, -0.25) is 4.90 Å². The summed E-state index contributed by atoms with van der Waals surface area (Å²) in [5.74, 6) is 0. The van der Waals surface area contributed by atoms with Crippen LogP contribution in [0.15, 0.2) is 24.3 Å². The second-order valence-electron chi connectivity index (χ2n) is 4.42. The number of benzene rings is 1. The van der Waals surface area contributed by atoms with Crippen LogP contribution >= 0.6 is 11.6 Å². The topological polar surface area (TPSA) is 49.5 Å². The predicted octanol–water partition coefficient (Wildman–Crippen LogP) is 2.04. The molecule has 0 saturated heterocycles. The molecule has 0 bridgehead atoms. The zero-order valence-corrected chi connectivity index (χ0v) is 11.2. The maximum absolute atomic E-state index is 9.29. The van der Waals surface area contributed by atoms with Crippen LogP contribution in [0.5, 0.6) is 0 Å². The summed E-state index contributed by atoms with van der Waals surface area (Å²) in [5.41, 5.74) is 6.97. The normalized spacial score (nSPS) is 14.9. The molecule has 0 saturated carbocycles. The van der Waals surface area contributed by atoms with Gasteiger partial charge in [0.15, 0.2) is 0 Å². The summed E-state index contributed by atoms with van der Waals surface area (Å²) in [5, 5.41) is 10.0. The van der Waals surface area contributed by atoms with E-state index in [2.05, 4.69) is 4.90 Å². The number of hydrogen-bond donors (Lipinski definition) is 2. The van der Waals surface area contributed by atoms with Crippen LogP contribution in [0.4, 0.5) is 0 Å². The van der Waals surface area contributed by atoms with Crippen LogP contribution in [0.1, 0.15) is 24.9 Å². The third kappa shape index (κ3) is 4.64. The number of nitrogens with two attached hydrogens (primary N) is 1. The van der Waals surface area contributed by atoms with E-state index in [1.807, 2.05) is 31.3 Å². The Labute approximate surface area is 108 Å². The standard InChI is InChI=1S/C13H21ClN2O/c1-10(17)7-8-16(2)13(9-15)11-3-5-12(14)6-4-11/h3-6,10,13,17H,7-9,15H2,1-2H3. The molecule has 0 heterocycles. The SMILES string of the molecule is CC(O)CCN(C)C(CN)c1ccc(Cl)cc1. The second kappa shape index (κ2) is 6.97. The molecule has 1 rings (SSSR count). The lowest BCUT2D eigenvalue weighted by molar-refractivity contribution is 0.150. The van der Waals surface area contributed by atoms with Crippen LogP contribution in [0.2, 0.25) is 5.02 Å². The maximum atomic E-state index is 9.29. The molecule has 4 heteroatoms. The van der Waals surface area contributed by atoms with E-state index in [9.17, 15) is 5.11 Å². The zero-order valence-electron chi connectivity index (χ0n) is 10.4. The van der Waals surface area contributed by atoms with Gasteiger partial charge in [-0.15, -0.1) is 0 Å². The lowest BCUT2D eigenvalue weighted by Crippen LogP contribution is -2.32. The first-order valence-corrected chi connectivity index (χ1v) is 6.26. The molecule has 2 unspecified atom stereocenters. The fourth-order valence-corrected chi connectivity index (χ4v) is 1.93. The Morgan fingerprint density at radius 2 is 1.94 bits per heavy atom.